The van der Waals surface area contributed by atoms with Crippen molar-refractivity contribution in [3.8, 4) is 10.6 Å². The molecule has 1 radical (unpaired) electrons. The average molecular weight is 224 g/mol. The summed E-state index contributed by atoms with van der Waals surface area (Å²) in [4.78, 5) is 4.67. The minimum atomic E-state index is 1.05. The van der Waals surface area contributed by atoms with E-state index in [0.29, 0.717) is 0 Å². The van der Waals surface area contributed by atoms with Crippen molar-refractivity contribution in [2.75, 3.05) is 0 Å². The molecule has 2 aromatic carbocycles. The normalized spacial score (nSPS) is 10.8. The van der Waals surface area contributed by atoms with Crippen LogP contribution in [-0.4, -0.2) is 4.98 Å². The van der Waals surface area contributed by atoms with Crippen molar-refractivity contribution < 1.29 is 0 Å². The van der Waals surface area contributed by atoms with Crippen LogP contribution >= 0.6 is 11.3 Å². The molecule has 0 saturated carbocycles. The highest BCUT2D eigenvalue weighted by atomic mass is 32.1. The van der Waals surface area contributed by atoms with Gasteiger partial charge in [0.1, 0.15) is 5.01 Å². The molecule has 0 fully saturated rings. The van der Waals surface area contributed by atoms with Gasteiger partial charge in [0.2, 0.25) is 0 Å². The molecule has 0 aliphatic heterocycles. The Morgan fingerprint density at radius 3 is 2.81 bits per heavy atom. The minimum absolute atomic E-state index is 1.05. The van der Waals surface area contributed by atoms with Crippen molar-refractivity contribution in [3.05, 3.63) is 54.1 Å². The summed E-state index contributed by atoms with van der Waals surface area (Å²) in [7, 11) is 0. The molecule has 0 amide bonds. The van der Waals surface area contributed by atoms with Gasteiger partial charge < -0.3 is 0 Å². The van der Waals surface area contributed by atoms with E-state index >= 15 is 0 Å². The van der Waals surface area contributed by atoms with E-state index in [1.165, 1.54) is 10.3 Å². The van der Waals surface area contributed by atoms with Gasteiger partial charge >= 0.3 is 0 Å². The first-order valence-electron chi connectivity index (χ1n) is 5.18. The lowest BCUT2D eigenvalue weighted by Gasteiger charge is -1.92. The zero-order valence-electron chi connectivity index (χ0n) is 8.90. The predicted octanol–water partition coefficient (Wildman–Crippen LogP) is 4.07. The first-order valence-corrected chi connectivity index (χ1v) is 5.99. The molecule has 77 valence electrons. The van der Waals surface area contributed by atoms with E-state index in [1.807, 2.05) is 24.3 Å². The first-order chi connectivity index (χ1) is 7.84. The van der Waals surface area contributed by atoms with Gasteiger partial charge in [-0.3, -0.25) is 0 Å². The van der Waals surface area contributed by atoms with Gasteiger partial charge in [0.15, 0.2) is 0 Å². The molecule has 0 N–H and O–H groups in total. The van der Waals surface area contributed by atoms with Gasteiger partial charge in [-0.25, -0.2) is 4.98 Å². The number of fused-ring (bicyclic) bond motifs is 1. The number of thiazole rings is 1. The van der Waals surface area contributed by atoms with Gasteiger partial charge in [-0.1, -0.05) is 36.4 Å². The van der Waals surface area contributed by atoms with E-state index in [2.05, 4.69) is 36.2 Å². The summed E-state index contributed by atoms with van der Waals surface area (Å²) in [5, 5.41) is 1.05. The van der Waals surface area contributed by atoms with Crippen LogP contribution in [0.15, 0.2) is 42.5 Å². The lowest BCUT2D eigenvalue weighted by molar-refractivity contribution is 1.42. The Morgan fingerprint density at radius 1 is 1.12 bits per heavy atom. The molecule has 0 atom stereocenters. The Kier molecular flexibility index (Phi) is 2.22. The van der Waals surface area contributed by atoms with Crippen molar-refractivity contribution >= 4 is 21.6 Å². The minimum Gasteiger partial charge on any atom is -0.236 e. The second-order valence-electron chi connectivity index (χ2n) is 3.72. The predicted molar refractivity (Wildman–Crippen MR) is 68.6 cm³/mol. The number of benzene rings is 2. The second kappa shape index (κ2) is 3.72. The standard InChI is InChI=1S/C14H10NS/c1-10-6-5-9-12-13(10)15-14(16-12)11-7-3-2-4-8-11/h2-7,9H,1H3. The summed E-state index contributed by atoms with van der Waals surface area (Å²) in [6.45, 7) is 2.10. The van der Waals surface area contributed by atoms with Gasteiger partial charge in [0, 0.05) is 5.56 Å². The maximum Gasteiger partial charge on any atom is 0.125 e. The van der Waals surface area contributed by atoms with E-state index in [9.17, 15) is 0 Å². The third-order valence-electron chi connectivity index (χ3n) is 2.56. The highest BCUT2D eigenvalue weighted by molar-refractivity contribution is 7.21. The zero-order valence-corrected chi connectivity index (χ0v) is 9.71. The van der Waals surface area contributed by atoms with Gasteiger partial charge in [0.25, 0.3) is 0 Å². The topological polar surface area (TPSA) is 12.9 Å². The van der Waals surface area contributed by atoms with Crippen molar-refractivity contribution in [2.24, 2.45) is 0 Å². The molecule has 2 heteroatoms. The van der Waals surface area contributed by atoms with Crippen molar-refractivity contribution in [1.82, 2.24) is 4.98 Å². The molecule has 1 aromatic heterocycles. The van der Waals surface area contributed by atoms with Crippen LogP contribution in [0.25, 0.3) is 20.8 Å². The molecular weight excluding hydrogens is 214 g/mol. The Morgan fingerprint density at radius 2 is 2.06 bits per heavy atom. The Bertz CT molecular complexity index is 626. The molecule has 1 heterocycles. The summed E-state index contributed by atoms with van der Waals surface area (Å²) >= 11 is 1.72. The monoisotopic (exact) mass is 224 g/mol. The molecule has 0 unspecified atom stereocenters. The second-order valence-corrected chi connectivity index (χ2v) is 4.75. The Balaban J connectivity index is 2.23. The molecule has 0 bridgehead atoms. The fourth-order valence-electron chi connectivity index (χ4n) is 1.73. The van der Waals surface area contributed by atoms with Crippen molar-refractivity contribution in [3.63, 3.8) is 0 Å². The van der Waals surface area contributed by atoms with Crippen LogP contribution < -0.4 is 0 Å². The molecule has 0 saturated heterocycles. The summed E-state index contributed by atoms with van der Waals surface area (Å²) in [6.07, 6.45) is 0. The van der Waals surface area contributed by atoms with Gasteiger partial charge in [-0.2, -0.15) is 0 Å². The molecule has 16 heavy (non-hydrogen) atoms. The number of rotatable bonds is 1. The van der Waals surface area contributed by atoms with E-state index in [4.69, 9.17) is 0 Å². The smallest absolute Gasteiger partial charge is 0.125 e. The lowest BCUT2D eigenvalue weighted by atomic mass is 10.2. The number of aromatic nitrogens is 1. The maximum absolute atomic E-state index is 4.67. The number of hydrogen-bond acceptors (Lipinski definition) is 2. The van der Waals surface area contributed by atoms with Crippen LogP contribution in [0.5, 0.6) is 0 Å². The highest BCUT2D eigenvalue weighted by Crippen LogP contribution is 2.30. The van der Waals surface area contributed by atoms with Crippen LogP contribution in [0.1, 0.15) is 5.56 Å². The molecule has 0 spiro atoms. The van der Waals surface area contributed by atoms with Crippen molar-refractivity contribution in [2.45, 2.75) is 6.92 Å². The van der Waals surface area contributed by atoms with Crippen LogP contribution in [0, 0.1) is 13.0 Å². The largest absolute Gasteiger partial charge is 0.236 e. The van der Waals surface area contributed by atoms with E-state index in [-0.39, 0.29) is 0 Å². The molecule has 0 aliphatic rings. The summed E-state index contributed by atoms with van der Waals surface area (Å²) in [5.41, 5.74) is 3.42. The Labute approximate surface area is 98.4 Å². The number of hydrogen-bond donors (Lipinski definition) is 0. The highest BCUT2D eigenvalue weighted by Gasteiger charge is 2.06. The molecule has 1 nitrogen and oxygen atoms in total. The SMILES string of the molecule is Cc1cccc2sc(-c3[c]cccc3)nc12. The average Bonchev–Trinajstić information content (AvgIpc) is 2.76. The van der Waals surface area contributed by atoms with E-state index < -0.39 is 0 Å². The summed E-state index contributed by atoms with van der Waals surface area (Å²) in [6, 6.07) is 17.5. The van der Waals surface area contributed by atoms with Crippen LogP contribution in [0.2, 0.25) is 0 Å². The molecule has 0 aliphatic carbocycles. The molecular formula is C14H10NS. The zero-order chi connectivity index (χ0) is 11.0. The van der Waals surface area contributed by atoms with Crippen LogP contribution in [-0.2, 0) is 0 Å². The lowest BCUT2D eigenvalue weighted by Crippen LogP contribution is -1.77. The van der Waals surface area contributed by atoms with Crippen LogP contribution in [0.3, 0.4) is 0 Å². The number of nitrogens with zero attached hydrogens (tertiary/aromatic N) is 1. The van der Waals surface area contributed by atoms with Gasteiger partial charge in [0.05, 0.1) is 10.2 Å². The van der Waals surface area contributed by atoms with E-state index in [0.717, 1.165) is 16.1 Å². The number of para-hydroxylation sites is 1. The van der Waals surface area contributed by atoms with Crippen LogP contribution in [0.4, 0.5) is 0 Å². The summed E-state index contributed by atoms with van der Waals surface area (Å²) < 4.78 is 1.24. The van der Waals surface area contributed by atoms with Gasteiger partial charge in [-0.15, -0.1) is 11.3 Å². The Hall–Kier alpha value is -1.67. The third kappa shape index (κ3) is 1.51. The molecule has 3 rings (SSSR count). The summed E-state index contributed by atoms with van der Waals surface area (Å²) in [5.74, 6) is 0. The fraction of sp³-hybridized carbons (Fsp3) is 0.0714. The maximum atomic E-state index is 4.67. The van der Waals surface area contributed by atoms with Gasteiger partial charge in [-0.05, 0) is 24.6 Å². The number of aryl methyl sites for hydroxylation is 1. The van der Waals surface area contributed by atoms with E-state index in [1.54, 1.807) is 11.3 Å². The third-order valence-corrected chi connectivity index (χ3v) is 3.61. The van der Waals surface area contributed by atoms with Crippen molar-refractivity contribution in [1.29, 1.82) is 0 Å². The fourth-order valence-corrected chi connectivity index (χ4v) is 2.76. The molecule has 3 aromatic rings. The first kappa shape index (κ1) is 9.55. The quantitative estimate of drug-likeness (QED) is 0.607.